The van der Waals surface area contributed by atoms with E-state index in [1.807, 2.05) is 35.8 Å². The standard InChI is InChI=1S/C46H51ClN8O9S2/c1-28-29(2)65-46-43(28)44(31-5-7-34(47)8-6-31)50-38(45-52-51-30(3)55(45)46)26-41(56)48-14-18-62-19-20-63-21-22-64-36-9-10-37(32-11-17-54-39(23-32)33(27-49-54)24-42(57)58)40(25-36)66(59,60)53-15-12-35(61-4)13-16-53/h5-11,17,23,25,27,35,38H,12-16,18-22,24,26H2,1-4H3,(H,48,56)(H,57,58)/t38-/m1/s1. The molecule has 1 atom stereocenters. The van der Waals surface area contributed by atoms with Crippen LogP contribution in [0.15, 0.2) is 76.9 Å². The number of ether oxygens (including phenoxy) is 4. The number of sulfonamides is 1. The number of benzene rings is 2. The number of carbonyl (C=O) groups excluding carboxylic acids is 1. The molecule has 2 aliphatic rings. The number of carbonyl (C=O) groups is 2. The number of carboxylic acids is 1. The van der Waals surface area contributed by atoms with Gasteiger partial charge in [0.1, 0.15) is 29.2 Å². The van der Waals surface area contributed by atoms with Crippen molar-refractivity contribution < 1.29 is 42.1 Å². The van der Waals surface area contributed by atoms with Crippen molar-refractivity contribution >= 4 is 56.1 Å². The van der Waals surface area contributed by atoms with Gasteiger partial charge in [0.25, 0.3) is 0 Å². The molecule has 6 heterocycles. The summed E-state index contributed by atoms with van der Waals surface area (Å²) in [7, 11) is -2.34. The first-order valence-corrected chi connectivity index (χ1v) is 24.2. The van der Waals surface area contributed by atoms with Crippen LogP contribution in [-0.4, -0.2) is 126 Å². The van der Waals surface area contributed by atoms with Crippen LogP contribution in [0.4, 0.5) is 0 Å². The van der Waals surface area contributed by atoms with Gasteiger partial charge in [-0.05, 0) is 81.1 Å². The van der Waals surface area contributed by atoms with Gasteiger partial charge in [0.2, 0.25) is 15.9 Å². The van der Waals surface area contributed by atoms with E-state index in [0.717, 1.165) is 32.3 Å². The summed E-state index contributed by atoms with van der Waals surface area (Å²) >= 11 is 7.89. The third-order valence-electron chi connectivity index (χ3n) is 11.7. The lowest BCUT2D eigenvalue weighted by Crippen LogP contribution is -2.40. The molecule has 66 heavy (non-hydrogen) atoms. The van der Waals surface area contributed by atoms with Crippen molar-refractivity contribution in [2.45, 2.75) is 63.5 Å². The van der Waals surface area contributed by atoms with Crippen LogP contribution in [0.2, 0.25) is 5.02 Å². The Kier molecular flexibility index (Phi) is 14.6. The maximum absolute atomic E-state index is 14.2. The fraction of sp³-hybridized carbons (Fsp3) is 0.391. The summed E-state index contributed by atoms with van der Waals surface area (Å²) in [4.78, 5) is 31.2. The number of carboxylic acid groups (broad SMARTS) is 1. The van der Waals surface area contributed by atoms with Gasteiger partial charge in [-0.3, -0.25) is 19.1 Å². The highest BCUT2D eigenvalue weighted by atomic mass is 35.5. The number of aromatic nitrogens is 5. The smallest absolute Gasteiger partial charge is 0.307 e. The van der Waals surface area contributed by atoms with Crippen LogP contribution in [0.25, 0.3) is 21.6 Å². The van der Waals surface area contributed by atoms with Gasteiger partial charge in [0.05, 0.1) is 67.7 Å². The third kappa shape index (κ3) is 10.2. The van der Waals surface area contributed by atoms with Crippen molar-refractivity contribution in [1.82, 2.24) is 34.0 Å². The molecule has 0 spiro atoms. The number of pyridine rings is 1. The number of aliphatic carboxylic acids is 1. The molecular formula is C46H51ClN8O9S2. The van der Waals surface area contributed by atoms with Gasteiger partial charge in [-0.2, -0.15) is 9.40 Å². The zero-order valence-electron chi connectivity index (χ0n) is 37.0. The summed E-state index contributed by atoms with van der Waals surface area (Å²) in [5.74, 6) is 0.472. The molecule has 0 saturated carbocycles. The van der Waals surface area contributed by atoms with Crippen LogP contribution in [0.5, 0.6) is 5.75 Å². The van der Waals surface area contributed by atoms with Crippen LogP contribution >= 0.6 is 22.9 Å². The Morgan fingerprint density at radius 2 is 1.68 bits per heavy atom. The summed E-state index contributed by atoms with van der Waals surface area (Å²) in [6, 6.07) is 15.4. The first kappa shape index (κ1) is 47.0. The maximum Gasteiger partial charge on any atom is 0.307 e. The quantitative estimate of drug-likeness (QED) is 0.0878. The molecular weight excluding hydrogens is 908 g/mol. The van der Waals surface area contributed by atoms with E-state index in [-0.39, 0.29) is 69.3 Å². The van der Waals surface area contributed by atoms with Gasteiger partial charge in [-0.1, -0.05) is 23.7 Å². The summed E-state index contributed by atoms with van der Waals surface area (Å²) in [5, 5.41) is 27.1. The normalized spacial score (nSPS) is 15.6. The van der Waals surface area contributed by atoms with Gasteiger partial charge in [0, 0.05) is 71.2 Å². The fourth-order valence-corrected chi connectivity index (χ4v) is 11.2. The number of amides is 1. The number of methoxy groups -OCH3 is 1. The highest BCUT2D eigenvalue weighted by Gasteiger charge is 2.34. The van der Waals surface area contributed by atoms with E-state index < -0.39 is 22.0 Å². The molecule has 1 amide bonds. The second kappa shape index (κ2) is 20.5. The highest BCUT2D eigenvalue weighted by Crippen LogP contribution is 2.40. The zero-order chi connectivity index (χ0) is 46.5. The van der Waals surface area contributed by atoms with Gasteiger partial charge >= 0.3 is 5.97 Å². The molecule has 1 saturated heterocycles. The minimum Gasteiger partial charge on any atom is -0.491 e. The SMILES string of the molecule is COC1CCN(S(=O)(=O)c2cc(OCCOCCOCCNC(=O)C[C@H]3N=C(c4ccc(Cl)cc4)c4c(sc(C)c4C)-n4c(C)nnc43)ccc2-c2ccn3ncc(CC(=O)O)c3c2)CC1. The number of halogens is 1. The number of fused-ring (bicyclic) bond motifs is 4. The molecule has 348 valence electrons. The van der Waals surface area contributed by atoms with Crippen LogP contribution in [-0.2, 0) is 40.2 Å². The number of hydrogen-bond donors (Lipinski definition) is 2. The van der Waals surface area contributed by atoms with Crippen molar-refractivity contribution in [2.24, 2.45) is 4.99 Å². The van der Waals surface area contributed by atoms with Gasteiger partial charge in [0.15, 0.2) is 5.82 Å². The minimum atomic E-state index is -3.97. The Morgan fingerprint density at radius 1 is 0.939 bits per heavy atom. The van der Waals surface area contributed by atoms with E-state index in [2.05, 4.69) is 34.5 Å². The fourth-order valence-electron chi connectivity index (χ4n) is 8.17. The average molecular weight is 960 g/mol. The monoisotopic (exact) mass is 958 g/mol. The number of nitrogens with one attached hydrogen (secondary N) is 1. The predicted octanol–water partition coefficient (Wildman–Crippen LogP) is 6.16. The Balaban J connectivity index is 0.834. The topological polar surface area (TPSA) is 201 Å². The van der Waals surface area contributed by atoms with Crippen LogP contribution in [0.3, 0.4) is 0 Å². The molecule has 2 aliphatic heterocycles. The molecule has 6 aromatic rings. The number of aliphatic imine (C=N–C) groups is 1. The van der Waals surface area contributed by atoms with Crippen LogP contribution in [0, 0.1) is 20.8 Å². The van der Waals surface area contributed by atoms with Crippen molar-refractivity contribution in [3.63, 3.8) is 0 Å². The Bertz CT molecular complexity index is 2870. The first-order valence-electron chi connectivity index (χ1n) is 21.6. The van der Waals surface area contributed by atoms with Gasteiger partial charge in [-0.15, -0.1) is 21.5 Å². The van der Waals surface area contributed by atoms with Gasteiger partial charge < -0.3 is 29.4 Å². The molecule has 1 fully saturated rings. The molecule has 0 bridgehead atoms. The van der Waals surface area contributed by atoms with E-state index in [4.69, 9.17) is 35.5 Å². The van der Waals surface area contributed by atoms with E-state index in [1.54, 1.807) is 53.4 Å². The van der Waals surface area contributed by atoms with E-state index in [1.165, 1.54) is 16.6 Å². The molecule has 4 aromatic heterocycles. The summed E-state index contributed by atoms with van der Waals surface area (Å²) in [6.45, 7) is 8.15. The summed E-state index contributed by atoms with van der Waals surface area (Å²) in [6.07, 6.45) is 4.15. The lowest BCUT2D eigenvalue weighted by molar-refractivity contribution is -0.136. The lowest BCUT2D eigenvalue weighted by atomic mass is 9.99. The van der Waals surface area contributed by atoms with E-state index in [0.29, 0.717) is 70.6 Å². The number of hydrogen-bond acceptors (Lipinski definition) is 13. The molecule has 17 nitrogen and oxygen atoms in total. The zero-order valence-corrected chi connectivity index (χ0v) is 39.4. The number of rotatable bonds is 19. The number of thiophene rings is 1. The highest BCUT2D eigenvalue weighted by molar-refractivity contribution is 7.89. The molecule has 2 N–H and O–H groups in total. The molecule has 0 unspecified atom stereocenters. The average Bonchev–Trinajstić information content (AvgIpc) is 3.96. The minimum absolute atomic E-state index is 0.0120. The summed E-state index contributed by atoms with van der Waals surface area (Å²) < 4.78 is 56.4. The van der Waals surface area contributed by atoms with Gasteiger partial charge in [-0.25, -0.2) is 12.9 Å². The van der Waals surface area contributed by atoms with E-state index >= 15 is 0 Å². The van der Waals surface area contributed by atoms with Crippen molar-refractivity contribution in [3.8, 4) is 21.9 Å². The Morgan fingerprint density at radius 3 is 2.42 bits per heavy atom. The number of piperidine rings is 1. The first-order chi connectivity index (χ1) is 31.8. The van der Waals surface area contributed by atoms with Crippen molar-refractivity contribution in [3.05, 3.63) is 111 Å². The number of aryl methyl sites for hydroxylation is 2. The van der Waals surface area contributed by atoms with Crippen LogP contribution < -0.4 is 10.1 Å². The maximum atomic E-state index is 14.2. The van der Waals surface area contributed by atoms with Crippen LogP contribution in [0.1, 0.15) is 64.1 Å². The molecule has 0 aliphatic carbocycles. The number of nitrogens with zero attached hydrogens (tertiary/aromatic N) is 7. The largest absolute Gasteiger partial charge is 0.491 e. The lowest BCUT2D eigenvalue weighted by Gasteiger charge is -2.31. The Hall–Kier alpha value is -5.54. The molecule has 20 heteroatoms. The van der Waals surface area contributed by atoms with E-state index in [9.17, 15) is 23.1 Å². The second-order valence-electron chi connectivity index (χ2n) is 16.0. The second-order valence-corrected chi connectivity index (χ2v) is 19.6. The van der Waals surface area contributed by atoms with Crippen molar-refractivity contribution in [2.75, 3.05) is 59.8 Å². The molecule has 0 radical (unpaired) electrons. The molecule has 8 rings (SSSR count). The summed E-state index contributed by atoms with van der Waals surface area (Å²) in [5.41, 5.74) is 5.91. The van der Waals surface area contributed by atoms with Crippen molar-refractivity contribution in [1.29, 1.82) is 0 Å². The Labute approximate surface area is 391 Å². The third-order valence-corrected chi connectivity index (χ3v) is 15.1. The molecule has 2 aromatic carbocycles. The predicted molar refractivity (Wildman–Crippen MR) is 249 cm³/mol.